The molecule has 2 N–H and O–H groups in total. The van der Waals surface area contributed by atoms with E-state index in [0.717, 1.165) is 25.9 Å². The van der Waals surface area contributed by atoms with Gasteiger partial charge in [-0.25, -0.2) is 0 Å². The molecule has 0 aliphatic carbocycles. The smallest absolute Gasteiger partial charge is 0.142 e. The van der Waals surface area contributed by atoms with Gasteiger partial charge in [-0.05, 0) is 12.8 Å². The zero-order valence-corrected chi connectivity index (χ0v) is 8.29. The van der Waals surface area contributed by atoms with E-state index >= 15 is 0 Å². The molecule has 1 heterocycles. The van der Waals surface area contributed by atoms with Gasteiger partial charge in [0.05, 0.1) is 6.61 Å². The Morgan fingerprint density at radius 3 is 2.92 bits per heavy atom. The highest BCUT2D eigenvalue weighted by Gasteiger charge is 2.28. The van der Waals surface area contributed by atoms with Gasteiger partial charge in [0.1, 0.15) is 5.78 Å². The maximum atomic E-state index is 11.8. The molecule has 13 heavy (non-hydrogen) atoms. The number of ketones is 1. The van der Waals surface area contributed by atoms with Gasteiger partial charge in [0.15, 0.2) is 0 Å². The largest absolute Gasteiger partial charge is 0.381 e. The number of carbonyl (C=O) groups excluding carboxylic acids is 1. The fraction of sp³-hybridized carbons (Fsp3) is 0.900. The first-order valence-corrected chi connectivity index (χ1v) is 5.11. The van der Waals surface area contributed by atoms with Gasteiger partial charge in [0, 0.05) is 25.0 Å². The van der Waals surface area contributed by atoms with E-state index in [1.807, 2.05) is 0 Å². The molecule has 2 unspecified atom stereocenters. The van der Waals surface area contributed by atoms with E-state index in [1.54, 1.807) is 0 Å². The molecule has 1 rings (SSSR count). The van der Waals surface area contributed by atoms with Crippen LogP contribution in [-0.4, -0.2) is 25.5 Å². The lowest BCUT2D eigenvalue weighted by molar-refractivity contribution is -0.126. The summed E-state index contributed by atoms with van der Waals surface area (Å²) in [6.45, 7) is 3.92. The number of ether oxygens (including phenoxy) is 1. The van der Waals surface area contributed by atoms with Crippen LogP contribution < -0.4 is 5.73 Å². The van der Waals surface area contributed by atoms with Gasteiger partial charge in [0.2, 0.25) is 0 Å². The molecule has 0 amide bonds. The fourth-order valence-electron chi connectivity index (χ4n) is 1.82. The molecule has 76 valence electrons. The van der Waals surface area contributed by atoms with Crippen molar-refractivity contribution in [2.24, 2.45) is 17.6 Å². The first-order chi connectivity index (χ1) is 6.29. The molecule has 0 radical (unpaired) electrons. The van der Waals surface area contributed by atoms with Gasteiger partial charge < -0.3 is 10.5 Å². The molecule has 0 spiro atoms. The van der Waals surface area contributed by atoms with Crippen molar-refractivity contribution in [1.82, 2.24) is 0 Å². The van der Waals surface area contributed by atoms with Gasteiger partial charge in [-0.3, -0.25) is 4.79 Å². The molecule has 0 aromatic rings. The van der Waals surface area contributed by atoms with Gasteiger partial charge in [-0.1, -0.05) is 13.3 Å². The maximum Gasteiger partial charge on any atom is 0.142 e. The summed E-state index contributed by atoms with van der Waals surface area (Å²) in [5.41, 5.74) is 5.57. The molecular formula is C10H19NO2. The first kappa shape index (κ1) is 10.7. The van der Waals surface area contributed by atoms with Crippen molar-refractivity contribution in [3.8, 4) is 0 Å². The number of carbonyl (C=O) groups is 1. The monoisotopic (exact) mass is 185 g/mol. The van der Waals surface area contributed by atoms with Gasteiger partial charge in [-0.15, -0.1) is 0 Å². The number of hydrogen-bond donors (Lipinski definition) is 1. The molecule has 1 aliphatic heterocycles. The molecule has 2 atom stereocenters. The minimum Gasteiger partial charge on any atom is -0.381 e. The van der Waals surface area contributed by atoms with Crippen molar-refractivity contribution in [2.45, 2.75) is 26.2 Å². The summed E-state index contributed by atoms with van der Waals surface area (Å²) >= 11 is 0. The van der Waals surface area contributed by atoms with Crippen LogP contribution in [0.4, 0.5) is 0 Å². The standard InChI is InChI=1S/C10H19NO2/c1-2-3-8(6-11)10(12)9-4-5-13-7-9/h8-9H,2-7,11H2,1H3. The number of Topliss-reactive ketones (excluding diaryl/α,β-unsaturated/α-hetero) is 1. The van der Waals surface area contributed by atoms with Crippen molar-refractivity contribution in [3.63, 3.8) is 0 Å². The molecule has 1 aliphatic rings. The predicted molar refractivity (Wildman–Crippen MR) is 51.4 cm³/mol. The van der Waals surface area contributed by atoms with E-state index in [0.29, 0.717) is 18.9 Å². The second-order valence-corrected chi connectivity index (χ2v) is 3.68. The van der Waals surface area contributed by atoms with Crippen molar-refractivity contribution >= 4 is 5.78 Å². The highest BCUT2D eigenvalue weighted by atomic mass is 16.5. The Hall–Kier alpha value is -0.410. The normalized spacial score (nSPS) is 24.6. The Morgan fingerprint density at radius 1 is 1.69 bits per heavy atom. The lowest BCUT2D eigenvalue weighted by atomic mass is 9.89. The van der Waals surface area contributed by atoms with E-state index in [4.69, 9.17) is 10.5 Å². The summed E-state index contributed by atoms with van der Waals surface area (Å²) in [7, 11) is 0. The lowest BCUT2D eigenvalue weighted by Gasteiger charge is -2.15. The minimum absolute atomic E-state index is 0.0664. The van der Waals surface area contributed by atoms with Crippen LogP contribution in [0.15, 0.2) is 0 Å². The Balaban J connectivity index is 2.42. The maximum absolute atomic E-state index is 11.8. The second-order valence-electron chi connectivity index (χ2n) is 3.68. The van der Waals surface area contributed by atoms with E-state index in [1.165, 1.54) is 0 Å². The molecule has 3 nitrogen and oxygen atoms in total. The van der Waals surface area contributed by atoms with E-state index in [-0.39, 0.29) is 11.8 Å². The van der Waals surface area contributed by atoms with Crippen LogP contribution >= 0.6 is 0 Å². The predicted octanol–water partition coefficient (Wildman–Crippen LogP) is 0.967. The summed E-state index contributed by atoms with van der Waals surface area (Å²) in [4.78, 5) is 11.8. The third-order valence-electron chi connectivity index (χ3n) is 2.66. The average Bonchev–Trinajstić information content (AvgIpc) is 2.65. The van der Waals surface area contributed by atoms with E-state index in [9.17, 15) is 4.79 Å². The topological polar surface area (TPSA) is 52.3 Å². The molecule has 0 saturated carbocycles. The minimum atomic E-state index is 0.0664. The first-order valence-electron chi connectivity index (χ1n) is 5.11. The van der Waals surface area contributed by atoms with Crippen LogP contribution in [0.3, 0.4) is 0 Å². The van der Waals surface area contributed by atoms with Crippen molar-refractivity contribution in [3.05, 3.63) is 0 Å². The summed E-state index contributed by atoms with van der Waals surface area (Å²) in [5, 5.41) is 0. The van der Waals surface area contributed by atoms with Crippen LogP contribution in [-0.2, 0) is 9.53 Å². The Morgan fingerprint density at radius 2 is 2.46 bits per heavy atom. The van der Waals surface area contributed by atoms with Crippen LogP contribution in [0.5, 0.6) is 0 Å². The van der Waals surface area contributed by atoms with E-state index in [2.05, 4.69) is 6.92 Å². The quantitative estimate of drug-likeness (QED) is 0.694. The Bertz CT molecular complexity index is 164. The number of nitrogens with two attached hydrogens (primary N) is 1. The average molecular weight is 185 g/mol. The van der Waals surface area contributed by atoms with E-state index < -0.39 is 0 Å². The molecule has 1 fully saturated rings. The third-order valence-corrected chi connectivity index (χ3v) is 2.66. The Labute approximate surface area is 79.6 Å². The summed E-state index contributed by atoms with van der Waals surface area (Å²) in [6.07, 6.45) is 2.84. The highest BCUT2D eigenvalue weighted by Crippen LogP contribution is 2.19. The molecule has 3 heteroatoms. The number of hydrogen-bond acceptors (Lipinski definition) is 3. The van der Waals surface area contributed by atoms with Gasteiger partial charge in [-0.2, -0.15) is 0 Å². The zero-order valence-electron chi connectivity index (χ0n) is 8.29. The summed E-state index contributed by atoms with van der Waals surface area (Å²) in [6, 6.07) is 0. The zero-order chi connectivity index (χ0) is 9.68. The highest BCUT2D eigenvalue weighted by molar-refractivity contribution is 5.83. The SMILES string of the molecule is CCCC(CN)C(=O)C1CCOC1. The van der Waals surface area contributed by atoms with Crippen LogP contribution in [0.2, 0.25) is 0 Å². The molecule has 0 aromatic carbocycles. The van der Waals surface area contributed by atoms with Crippen molar-refractivity contribution < 1.29 is 9.53 Å². The van der Waals surface area contributed by atoms with Gasteiger partial charge in [0.25, 0.3) is 0 Å². The fourth-order valence-corrected chi connectivity index (χ4v) is 1.82. The van der Waals surface area contributed by atoms with Crippen LogP contribution in [0, 0.1) is 11.8 Å². The van der Waals surface area contributed by atoms with Crippen LogP contribution in [0.25, 0.3) is 0 Å². The van der Waals surface area contributed by atoms with Crippen molar-refractivity contribution in [1.29, 1.82) is 0 Å². The third kappa shape index (κ3) is 2.78. The lowest BCUT2D eigenvalue weighted by Crippen LogP contribution is -2.29. The molecule has 1 saturated heterocycles. The second kappa shape index (κ2) is 5.35. The summed E-state index contributed by atoms with van der Waals surface area (Å²) in [5.74, 6) is 0.513. The summed E-state index contributed by atoms with van der Waals surface area (Å²) < 4.78 is 5.19. The molecule has 0 aromatic heterocycles. The Kier molecular flexibility index (Phi) is 4.39. The van der Waals surface area contributed by atoms with Gasteiger partial charge >= 0.3 is 0 Å². The molecule has 0 bridgehead atoms. The van der Waals surface area contributed by atoms with Crippen molar-refractivity contribution in [2.75, 3.05) is 19.8 Å². The number of rotatable bonds is 5. The molecular weight excluding hydrogens is 166 g/mol. The van der Waals surface area contributed by atoms with Crippen LogP contribution in [0.1, 0.15) is 26.2 Å².